The standard InChI is InChI=1S/C26H35N5O6/c1-28-11-12-30(18(14-28)15-37-2)24(34)16-7-9-29(10-8-16)17-3-4-19-20(13-17)26(36)31(25(19)35)21-5-6-22(32)27-23(21)33/h3-4,13,16,18,21,23,33H,5-12,14-15H2,1-2H3,(H,27,32)/t18-,21?,23?/m0/s1. The summed E-state index contributed by atoms with van der Waals surface area (Å²) in [5.41, 5.74) is 1.45. The van der Waals surface area contributed by atoms with E-state index in [-0.39, 0.29) is 36.6 Å². The van der Waals surface area contributed by atoms with E-state index < -0.39 is 24.1 Å². The molecule has 0 aromatic heterocycles. The number of benzene rings is 1. The number of imide groups is 1. The van der Waals surface area contributed by atoms with Crippen LogP contribution in [-0.4, -0.2) is 115 Å². The third-order valence-electron chi connectivity index (χ3n) is 8.11. The number of rotatable bonds is 5. The quantitative estimate of drug-likeness (QED) is 0.523. The number of methoxy groups -OCH3 is 1. The van der Waals surface area contributed by atoms with Crippen LogP contribution in [0.25, 0.3) is 0 Å². The first-order valence-electron chi connectivity index (χ1n) is 13.0. The monoisotopic (exact) mass is 513 g/mol. The van der Waals surface area contributed by atoms with Crippen molar-refractivity contribution in [3.63, 3.8) is 0 Å². The molecule has 11 nitrogen and oxygen atoms in total. The van der Waals surface area contributed by atoms with E-state index in [1.165, 1.54) is 0 Å². The number of aliphatic hydroxyl groups excluding tert-OH is 1. The van der Waals surface area contributed by atoms with E-state index >= 15 is 0 Å². The molecule has 4 aliphatic rings. The van der Waals surface area contributed by atoms with Gasteiger partial charge in [0.15, 0.2) is 0 Å². The molecule has 0 aliphatic carbocycles. The molecule has 11 heteroatoms. The fourth-order valence-corrected chi connectivity index (χ4v) is 6.04. The summed E-state index contributed by atoms with van der Waals surface area (Å²) in [4.78, 5) is 58.5. The number of carbonyl (C=O) groups is 4. The number of likely N-dealkylation sites (N-methyl/N-ethyl adjacent to an activating group) is 1. The fraction of sp³-hybridized carbons (Fsp3) is 0.615. The summed E-state index contributed by atoms with van der Waals surface area (Å²) in [5.74, 6) is -1.06. The normalized spacial score (nSPS) is 27.5. The number of aliphatic hydroxyl groups is 1. The van der Waals surface area contributed by atoms with Gasteiger partial charge in [0.1, 0.15) is 6.23 Å². The van der Waals surface area contributed by atoms with Crippen LogP contribution in [0.1, 0.15) is 46.4 Å². The minimum absolute atomic E-state index is 0.0462. The van der Waals surface area contributed by atoms with Gasteiger partial charge >= 0.3 is 0 Å². The SMILES string of the molecule is COC[C@@H]1CN(C)CCN1C(=O)C1CCN(c2ccc3c(c2)C(=O)N(C2CCC(=O)NC2O)C3=O)CC1. The van der Waals surface area contributed by atoms with Crippen LogP contribution in [0.5, 0.6) is 0 Å². The van der Waals surface area contributed by atoms with E-state index in [0.29, 0.717) is 37.4 Å². The van der Waals surface area contributed by atoms with E-state index in [4.69, 9.17) is 4.74 Å². The molecule has 4 aliphatic heterocycles. The minimum Gasteiger partial charge on any atom is -0.382 e. The molecule has 3 atom stereocenters. The zero-order valence-electron chi connectivity index (χ0n) is 21.4. The van der Waals surface area contributed by atoms with Crippen LogP contribution < -0.4 is 10.2 Å². The van der Waals surface area contributed by atoms with Gasteiger partial charge in [-0.05, 0) is 44.5 Å². The highest BCUT2D eigenvalue weighted by atomic mass is 16.5. The summed E-state index contributed by atoms with van der Waals surface area (Å²) in [6.45, 7) is 4.25. The first kappa shape index (κ1) is 25.6. The molecule has 0 saturated carbocycles. The molecule has 3 fully saturated rings. The van der Waals surface area contributed by atoms with Crippen LogP contribution in [0, 0.1) is 5.92 Å². The molecule has 2 unspecified atom stereocenters. The van der Waals surface area contributed by atoms with E-state index in [2.05, 4.69) is 22.2 Å². The minimum atomic E-state index is -1.27. The molecule has 4 heterocycles. The Morgan fingerprint density at radius 3 is 2.49 bits per heavy atom. The van der Waals surface area contributed by atoms with Gasteiger partial charge in [-0.25, -0.2) is 0 Å². The number of ether oxygens (including phenoxy) is 1. The Morgan fingerprint density at radius 2 is 1.78 bits per heavy atom. The van der Waals surface area contributed by atoms with Crippen LogP contribution in [-0.2, 0) is 14.3 Å². The summed E-state index contributed by atoms with van der Waals surface area (Å²) in [5, 5.41) is 12.7. The second-order valence-corrected chi connectivity index (χ2v) is 10.5. The van der Waals surface area contributed by atoms with Crippen molar-refractivity contribution in [2.75, 3.05) is 58.4 Å². The Labute approximate surface area is 216 Å². The second kappa shape index (κ2) is 10.4. The largest absolute Gasteiger partial charge is 0.382 e. The molecule has 0 radical (unpaired) electrons. The van der Waals surface area contributed by atoms with Crippen LogP contribution in [0.4, 0.5) is 5.69 Å². The lowest BCUT2D eigenvalue weighted by atomic mass is 9.93. The van der Waals surface area contributed by atoms with E-state index in [1.54, 1.807) is 19.2 Å². The molecule has 4 amide bonds. The van der Waals surface area contributed by atoms with Crippen LogP contribution in [0.3, 0.4) is 0 Å². The number of fused-ring (bicyclic) bond motifs is 1. The van der Waals surface area contributed by atoms with Gasteiger partial charge < -0.3 is 29.9 Å². The second-order valence-electron chi connectivity index (χ2n) is 10.5. The van der Waals surface area contributed by atoms with Gasteiger partial charge in [0.25, 0.3) is 11.8 Å². The summed E-state index contributed by atoms with van der Waals surface area (Å²) in [6.07, 6.45) is 0.534. The number of carbonyl (C=O) groups excluding carboxylic acids is 4. The number of piperidine rings is 2. The maximum atomic E-state index is 13.4. The average Bonchev–Trinajstić information content (AvgIpc) is 3.13. The maximum Gasteiger partial charge on any atom is 0.262 e. The van der Waals surface area contributed by atoms with Crippen molar-refractivity contribution in [2.24, 2.45) is 5.92 Å². The average molecular weight is 514 g/mol. The molecule has 0 bridgehead atoms. The number of nitrogens with one attached hydrogen (secondary N) is 1. The molecular weight excluding hydrogens is 478 g/mol. The molecule has 37 heavy (non-hydrogen) atoms. The van der Waals surface area contributed by atoms with Gasteiger partial charge in [0.2, 0.25) is 11.8 Å². The van der Waals surface area contributed by atoms with E-state index in [9.17, 15) is 24.3 Å². The first-order valence-corrected chi connectivity index (χ1v) is 13.0. The summed E-state index contributed by atoms with van der Waals surface area (Å²) >= 11 is 0. The van der Waals surface area contributed by atoms with E-state index in [0.717, 1.165) is 36.5 Å². The number of hydrogen-bond donors (Lipinski definition) is 2. The Balaban J connectivity index is 1.24. The fourth-order valence-electron chi connectivity index (χ4n) is 6.04. The highest BCUT2D eigenvalue weighted by molar-refractivity contribution is 6.22. The predicted molar refractivity (Wildman–Crippen MR) is 134 cm³/mol. The van der Waals surface area contributed by atoms with Crippen molar-refractivity contribution < 1.29 is 29.0 Å². The van der Waals surface area contributed by atoms with Crippen molar-refractivity contribution in [3.05, 3.63) is 29.3 Å². The van der Waals surface area contributed by atoms with Gasteiger partial charge in [0.05, 0.1) is 29.8 Å². The Morgan fingerprint density at radius 1 is 1.05 bits per heavy atom. The third-order valence-corrected chi connectivity index (χ3v) is 8.11. The lowest BCUT2D eigenvalue weighted by Crippen LogP contribution is -2.57. The Hall–Kier alpha value is -3.02. The number of amides is 4. The predicted octanol–water partition coefficient (Wildman–Crippen LogP) is -0.115. The van der Waals surface area contributed by atoms with Gasteiger partial charge in [-0.3, -0.25) is 24.1 Å². The molecule has 200 valence electrons. The summed E-state index contributed by atoms with van der Waals surface area (Å²) in [7, 11) is 3.73. The Kier molecular flexibility index (Phi) is 7.19. The molecule has 2 N–H and O–H groups in total. The van der Waals surface area contributed by atoms with Crippen molar-refractivity contribution >= 4 is 29.3 Å². The molecule has 1 aromatic carbocycles. The summed E-state index contributed by atoms with van der Waals surface area (Å²) in [6, 6.07) is 4.51. The smallest absolute Gasteiger partial charge is 0.262 e. The van der Waals surface area contributed by atoms with Crippen molar-refractivity contribution in [1.82, 2.24) is 20.0 Å². The van der Waals surface area contributed by atoms with Crippen molar-refractivity contribution in [3.8, 4) is 0 Å². The number of piperazine rings is 1. The maximum absolute atomic E-state index is 13.4. The first-order chi connectivity index (χ1) is 17.8. The van der Waals surface area contributed by atoms with Gasteiger partial charge in [-0.15, -0.1) is 0 Å². The molecular formula is C26H35N5O6. The van der Waals surface area contributed by atoms with Gasteiger partial charge in [-0.2, -0.15) is 0 Å². The zero-order chi connectivity index (χ0) is 26.3. The lowest BCUT2D eigenvalue weighted by Gasteiger charge is -2.42. The van der Waals surface area contributed by atoms with Gasteiger partial charge in [0, 0.05) is 57.9 Å². The highest BCUT2D eigenvalue weighted by Crippen LogP contribution is 2.33. The molecule has 1 aromatic rings. The Bertz CT molecular complexity index is 1090. The topological polar surface area (TPSA) is 123 Å². The number of nitrogens with zero attached hydrogens (tertiary/aromatic N) is 4. The number of hydrogen-bond acceptors (Lipinski definition) is 8. The van der Waals surface area contributed by atoms with Crippen LogP contribution in [0.2, 0.25) is 0 Å². The molecule has 3 saturated heterocycles. The lowest BCUT2D eigenvalue weighted by molar-refractivity contribution is -0.142. The van der Waals surface area contributed by atoms with Crippen LogP contribution in [0.15, 0.2) is 18.2 Å². The van der Waals surface area contributed by atoms with E-state index in [1.807, 2.05) is 11.0 Å². The third kappa shape index (κ3) is 4.83. The van der Waals surface area contributed by atoms with Gasteiger partial charge in [-0.1, -0.05) is 0 Å². The molecule has 0 spiro atoms. The molecule has 5 rings (SSSR count). The number of anilines is 1. The van der Waals surface area contributed by atoms with Crippen molar-refractivity contribution in [2.45, 2.75) is 44.0 Å². The van der Waals surface area contributed by atoms with Crippen LogP contribution >= 0.6 is 0 Å². The highest BCUT2D eigenvalue weighted by Gasteiger charge is 2.44. The summed E-state index contributed by atoms with van der Waals surface area (Å²) < 4.78 is 5.37. The van der Waals surface area contributed by atoms with Crippen molar-refractivity contribution in [1.29, 1.82) is 0 Å². The zero-order valence-corrected chi connectivity index (χ0v) is 21.4.